The second kappa shape index (κ2) is 6.52. The van der Waals surface area contributed by atoms with Gasteiger partial charge in [0.2, 0.25) is 0 Å². The molecular formula is C16H31NO3Si. The highest BCUT2D eigenvalue weighted by molar-refractivity contribution is 6.74. The molecule has 1 heterocycles. The summed E-state index contributed by atoms with van der Waals surface area (Å²) in [5, 5.41) is 3.04. The molecule has 0 bridgehead atoms. The lowest BCUT2D eigenvalue weighted by Gasteiger charge is -2.36. The van der Waals surface area contributed by atoms with Crippen molar-refractivity contribution in [1.82, 2.24) is 5.32 Å². The smallest absolute Gasteiger partial charge is 0.408 e. The molecule has 0 aliphatic carbocycles. The Kier molecular flexibility index (Phi) is 5.67. The maximum Gasteiger partial charge on any atom is 0.408 e. The van der Waals surface area contributed by atoms with Crippen LogP contribution in [0.4, 0.5) is 4.79 Å². The predicted molar refractivity (Wildman–Crippen MR) is 88.9 cm³/mol. The molecule has 2 atom stereocenters. The summed E-state index contributed by atoms with van der Waals surface area (Å²) in [7, 11) is -1.81. The number of hydrogen-bond acceptors (Lipinski definition) is 3. The highest BCUT2D eigenvalue weighted by Crippen LogP contribution is 2.37. The number of rotatable bonds is 6. The number of cyclic esters (lactones) is 1. The molecule has 0 aromatic carbocycles. The van der Waals surface area contributed by atoms with Gasteiger partial charge in [0.1, 0.15) is 6.10 Å². The van der Waals surface area contributed by atoms with Crippen LogP contribution in [-0.4, -0.2) is 33.2 Å². The van der Waals surface area contributed by atoms with Crippen molar-refractivity contribution < 1.29 is 14.0 Å². The predicted octanol–water partition coefficient (Wildman–Crippen LogP) is 4.09. The zero-order valence-electron chi connectivity index (χ0n) is 14.6. The lowest BCUT2D eigenvalue weighted by Crippen LogP contribution is -2.42. The van der Waals surface area contributed by atoms with Crippen molar-refractivity contribution >= 4 is 14.4 Å². The van der Waals surface area contributed by atoms with Crippen LogP contribution in [0.15, 0.2) is 12.2 Å². The molecular weight excluding hydrogens is 282 g/mol. The minimum atomic E-state index is -1.81. The number of carbonyl (C=O) groups excluding carboxylic acids is 1. The van der Waals surface area contributed by atoms with Gasteiger partial charge in [-0.2, -0.15) is 0 Å². The SMILES string of the molecule is C=C(CO[Si](C)(C)C(C)(C)C)[C@H]1OC(=O)N[C@H]1CC(C)C. The summed E-state index contributed by atoms with van der Waals surface area (Å²) < 4.78 is 11.6. The van der Waals surface area contributed by atoms with Crippen molar-refractivity contribution in [1.29, 1.82) is 0 Å². The lowest BCUT2D eigenvalue weighted by atomic mass is 9.96. The number of carbonyl (C=O) groups is 1. The molecule has 1 N–H and O–H groups in total. The molecule has 1 rings (SSSR count). The van der Waals surface area contributed by atoms with Gasteiger partial charge in [-0.05, 0) is 36.0 Å². The third-order valence-corrected chi connectivity index (χ3v) is 8.93. The molecule has 1 aliphatic heterocycles. The summed E-state index contributed by atoms with van der Waals surface area (Å²) in [4.78, 5) is 11.5. The van der Waals surface area contributed by atoms with Gasteiger partial charge in [0.05, 0.1) is 12.6 Å². The molecule has 1 aliphatic rings. The zero-order chi connectivity index (χ0) is 16.4. The summed E-state index contributed by atoms with van der Waals surface area (Å²) in [5.74, 6) is 0.494. The Morgan fingerprint density at radius 3 is 2.48 bits per heavy atom. The Bertz CT molecular complexity index is 399. The summed E-state index contributed by atoms with van der Waals surface area (Å²) in [6.45, 7) is 19.9. The number of alkyl carbamates (subject to hydrolysis) is 1. The summed E-state index contributed by atoms with van der Waals surface area (Å²) in [6, 6.07) is 0.00742. The molecule has 0 saturated carbocycles. The van der Waals surface area contributed by atoms with Crippen LogP contribution < -0.4 is 5.32 Å². The van der Waals surface area contributed by atoms with Gasteiger partial charge in [-0.15, -0.1) is 0 Å². The Morgan fingerprint density at radius 2 is 2.00 bits per heavy atom. The van der Waals surface area contributed by atoms with E-state index >= 15 is 0 Å². The zero-order valence-corrected chi connectivity index (χ0v) is 15.6. The van der Waals surface area contributed by atoms with Crippen LogP contribution in [0.3, 0.4) is 0 Å². The van der Waals surface area contributed by atoms with Gasteiger partial charge in [0.25, 0.3) is 0 Å². The van der Waals surface area contributed by atoms with E-state index < -0.39 is 8.32 Å². The summed E-state index contributed by atoms with van der Waals surface area (Å²) >= 11 is 0. The van der Waals surface area contributed by atoms with Crippen LogP contribution in [0.5, 0.6) is 0 Å². The number of ether oxygens (including phenoxy) is 1. The minimum Gasteiger partial charge on any atom is -0.439 e. The highest BCUT2D eigenvalue weighted by atomic mass is 28.4. The first-order valence-electron chi connectivity index (χ1n) is 7.73. The fraction of sp³-hybridized carbons (Fsp3) is 0.812. The number of amides is 1. The standard InChI is InChI=1S/C16H31NO3Si/c1-11(2)9-13-14(20-15(18)17-13)12(3)10-19-21(7,8)16(4,5)6/h11,13-14H,3,9-10H2,1-2,4-8H3,(H,17,18)/t13-,14+/m0/s1. The average Bonchev–Trinajstić information content (AvgIpc) is 2.64. The van der Waals surface area contributed by atoms with Crippen LogP contribution in [0.2, 0.25) is 18.1 Å². The van der Waals surface area contributed by atoms with Crippen molar-refractivity contribution in [2.75, 3.05) is 6.61 Å². The van der Waals surface area contributed by atoms with Crippen molar-refractivity contribution in [3.8, 4) is 0 Å². The number of nitrogens with one attached hydrogen (secondary N) is 1. The van der Waals surface area contributed by atoms with Gasteiger partial charge in [0.15, 0.2) is 8.32 Å². The fourth-order valence-electron chi connectivity index (χ4n) is 2.09. The summed E-state index contributed by atoms with van der Waals surface area (Å²) in [5.41, 5.74) is 0.851. The molecule has 21 heavy (non-hydrogen) atoms. The molecule has 0 aromatic rings. The molecule has 0 radical (unpaired) electrons. The van der Waals surface area contributed by atoms with E-state index in [0.29, 0.717) is 12.5 Å². The van der Waals surface area contributed by atoms with Crippen LogP contribution in [0.25, 0.3) is 0 Å². The van der Waals surface area contributed by atoms with Gasteiger partial charge < -0.3 is 14.5 Å². The Balaban J connectivity index is 2.64. The van der Waals surface area contributed by atoms with E-state index in [2.05, 4.69) is 59.6 Å². The molecule has 4 nitrogen and oxygen atoms in total. The Labute approximate surface area is 130 Å². The average molecular weight is 314 g/mol. The molecule has 5 heteroatoms. The van der Waals surface area contributed by atoms with Crippen molar-refractivity contribution in [3.63, 3.8) is 0 Å². The first-order chi connectivity index (χ1) is 9.44. The molecule has 1 amide bonds. The molecule has 0 aromatic heterocycles. The van der Waals surface area contributed by atoms with Gasteiger partial charge in [-0.3, -0.25) is 0 Å². The van der Waals surface area contributed by atoms with Crippen LogP contribution in [0, 0.1) is 5.92 Å². The molecule has 1 saturated heterocycles. The lowest BCUT2D eigenvalue weighted by molar-refractivity contribution is 0.139. The van der Waals surface area contributed by atoms with E-state index in [4.69, 9.17) is 9.16 Å². The molecule has 1 fully saturated rings. The van der Waals surface area contributed by atoms with Gasteiger partial charge in [-0.25, -0.2) is 4.79 Å². The summed E-state index contributed by atoms with van der Waals surface area (Å²) in [6.07, 6.45) is 0.263. The van der Waals surface area contributed by atoms with Crippen LogP contribution in [-0.2, 0) is 9.16 Å². The quantitative estimate of drug-likeness (QED) is 0.593. The maximum absolute atomic E-state index is 11.5. The fourth-order valence-corrected chi connectivity index (χ4v) is 3.07. The second-order valence-electron chi connectivity index (χ2n) is 7.91. The van der Waals surface area contributed by atoms with E-state index in [9.17, 15) is 4.79 Å². The molecule has 0 unspecified atom stereocenters. The topological polar surface area (TPSA) is 47.6 Å². The van der Waals surface area contributed by atoms with Gasteiger partial charge in [0, 0.05) is 0 Å². The highest BCUT2D eigenvalue weighted by Gasteiger charge is 2.40. The molecule has 0 spiro atoms. The monoisotopic (exact) mass is 313 g/mol. The van der Waals surface area contributed by atoms with E-state index in [1.54, 1.807) is 0 Å². The maximum atomic E-state index is 11.5. The van der Waals surface area contributed by atoms with Crippen molar-refractivity contribution in [2.24, 2.45) is 5.92 Å². The van der Waals surface area contributed by atoms with E-state index in [1.807, 2.05) is 0 Å². The number of hydrogen-bond donors (Lipinski definition) is 1. The first-order valence-corrected chi connectivity index (χ1v) is 10.6. The minimum absolute atomic E-state index is 0.00742. The Hall–Kier alpha value is -0.813. The van der Waals surface area contributed by atoms with Crippen LogP contribution >= 0.6 is 0 Å². The second-order valence-corrected chi connectivity index (χ2v) is 12.7. The van der Waals surface area contributed by atoms with E-state index in [-0.39, 0.29) is 23.3 Å². The van der Waals surface area contributed by atoms with E-state index in [1.165, 1.54) is 0 Å². The third kappa shape index (κ3) is 4.85. The van der Waals surface area contributed by atoms with Crippen LogP contribution in [0.1, 0.15) is 41.0 Å². The normalized spacial score (nSPS) is 23.1. The van der Waals surface area contributed by atoms with Crippen molar-refractivity contribution in [2.45, 2.75) is 71.3 Å². The van der Waals surface area contributed by atoms with Gasteiger partial charge in [-0.1, -0.05) is 41.2 Å². The van der Waals surface area contributed by atoms with Crippen molar-refractivity contribution in [3.05, 3.63) is 12.2 Å². The Morgan fingerprint density at radius 1 is 1.43 bits per heavy atom. The largest absolute Gasteiger partial charge is 0.439 e. The van der Waals surface area contributed by atoms with Gasteiger partial charge >= 0.3 is 6.09 Å². The van der Waals surface area contributed by atoms with E-state index in [0.717, 1.165) is 12.0 Å². The first kappa shape index (κ1) is 18.2. The molecule has 122 valence electrons. The third-order valence-electron chi connectivity index (χ3n) is 4.46.